The molecule has 1 fully saturated rings. The van der Waals surface area contributed by atoms with Gasteiger partial charge in [-0.3, -0.25) is 4.79 Å². The molecular weight excluding hydrogens is 378 g/mol. The summed E-state index contributed by atoms with van der Waals surface area (Å²) in [5, 5.41) is 7.70. The highest BCUT2D eigenvalue weighted by Gasteiger charge is 2.49. The largest absolute Gasteiger partial charge is 0.489 e. The Bertz CT molecular complexity index is 1070. The maximum absolute atomic E-state index is 12.8. The van der Waals surface area contributed by atoms with E-state index in [1.54, 1.807) is 19.1 Å². The van der Waals surface area contributed by atoms with Crippen molar-refractivity contribution in [2.24, 2.45) is 5.10 Å². The normalized spacial score (nSPS) is 18.6. The van der Waals surface area contributed by atoms with Gasteiger partial charge in [-0.05, 0) is 47.9 Å². The first-order valence-corrected chi connectivity index (χ1v) is 9.59. The van der Waals surface area contributed by atoms with E-state index >= 15 is 0 Å². The van der Waals surface area contributed by atoms with Gasteiger partial charge in [-0.15, -0.1) is 5.01 Å². The zero-order valence-electron chi connectivity index (χ0n) is 16.5. The summed E-state index contributed by atoms with van der Waals surface area (Å²) < 4.78 is 5.76. The van der Waals surface area contributed by atoms with Gasteiger partial charge in [-0.2, -0.15) is 5.10 Å². The molecule has 3 aromatic rings. The maximum atomic E-state index is 12.8. The van der Waals surface area contributed by atoms with Gasteiger partial charge in [0.05, 0.1) is 6.21 Å². The van der Waals surface area contributed by atoms with Crippen LogP contribution in [-0.2, 0) is 16.9 Å². The minimum atomic E-state index is -1.13. The summed E-state index contributed by atoms with van der Waals surface area (Å²) >= 11 is 0. The third-order valence-corrected chi connectivity index (χ3v) is 4.97. The molecule has 1 atom stereocenters. The van der Waals surface area contributed by atoms with E-state index in [0.717, 1.165) is 21.9 Å². The monoisotopic (exact) mass is 399 g/mol. The van der Waals surface area contributed by atoms with Crippen LogP contribution in [0.1, 0.15) is 23.6 Å². The molecule has 0 radical (unpaired) electrons. The molecule has 0 spiro atoms. The molecule has 1 saturated heterocycles. The fourth-order valence-corrected chi connectivity index (χ4v) is 3.21. The summed E-state index contributed by atoms with van der Waals surface area (Å²) in [5.74, 6) is 0.306. The number of hydrogen-bond acceptors (Lipinski definition) is 4. The van der Waals surface area contributed by atoms with Crippen molar-refractivity contribution < 1.29 is 14.3 Å². The molecule has 0 saturated carbocycles. The molecule has 0 unspecified atom stereocenters. The molecule has 30 heavy (non-hydrogen) atoms. The van der Waals surface area contributed by atoms with Crippen LogP contribution in [0.4, 0.5) is 4.79 Å². The quantitative estimate of drug-likeness (QED) is 0.502. The smallest absolute Gasteiger partial charge is 0.346 e. The molecule has 1 aliphatic heterocycles. The van der Waals surface area contributed by atoms with Gasteiger partial charge in [-0.1, -0.05) is 60.7 Å². The highest BCUT2D eigenvalue weighted by Crippen LogP contribution is 2.28. The SMILES string of the molecule is C[C@@]1(c2ccccc2)NC(=O)N(/N=C\c2ccc(OCc3ccccc3)cc2)C1=O. The maximum Gasteiger partial charge on any atom is 0.346 e. The molecule has 6 nitrogen and oxygen atoms in total. The number of hydrazone groups is 1. The molecule has 3 amide bonds. The second-order valence-electron chi connectivity index (χ2n) is 7.13. The van der Waals surface area contributed by atoms with Gasteiger partial charge in [0.25, 0.3) is 5.91 Å². The van der Waals surface area contributed by atoms with Crippen molar-refractivity contribution in [3.05, 3.63) is 102 Å². The van der Waals surface area contributed by atoms with E-state index in [4.69, 9.17) is 4.74 Å². The van der Waals surface area contributed by atoms with Gasteiger partial charge in [0.2, 0.25) is 0 Å². The van der Waals surface area contributed by atoms with Crippen molar-refractivity contribution in [3.8, 4) is 5.75 Å². The summed E-state index contributed by atoms with van der Waals surface area (Å²) in [4.78, 5) is 25.2. The number of hydrogen-bond donors (Lipinski definition) is 1. The van der Waals surface area contributed by atoms with Gasteiger partial charge < -0.3 is 10.1 Å². The van der Waals surface area contributed by atoms with E-state index in [1.807, 2.05) is 72.8 Å². The molecule has 0 aliphatic carbocycles. The van der Waals surface area contributed by atoms with Crippen molar-refractivity contribution in [2.75, 3.05) is 0 Å². The molecule has 1 aliphatic rings. The molecule has 3 aromatic carbocycles. The number of rotatable bonds is 6. The van der Waals surface area contributed by atoms with E-state index in [-0.39, 0.29) is 0 Å². The van der Waals surface area contributed by atoms with E-state index in [0.29, 0.717) is 12.2 Å². The first kappa shape index (κ1) is 19.4. The van der Waals surface area contributed by atoms with Gasteiger partial charge in [-0.25, -0.2) is 4.79 Å². The number of benzene rings is 3. The lowest BCUT2D eigenvalue weighted by molar-refractivity contribution is -0.131. The fraction of sp³-hybridized carbons (Fsp3) is 0.125. The van der Waals surface area contributed by atoms with Gasteiger partial charge in [0.15, 0.2) is 0 Å². The Labute approximate surface area is 174 Å². The number of amides is 3. The standard InChI is InChI=1S/C24H21N3O3/c1-24(20-10-6-3-7-11-20)22(28)27(23(29)26-24)25-16-18-12-14-21(15-13-18)30-17-19-8-4-2-5-9-19/h2-16H,17H2,1H3,(H,26,29)/b25-16-/t24-/m0/s1. The van der Waals surface area contributed by atoms with E-state index in [9.17, 15) is 9.59 Å². The minimum absolute atomic E-state index is 0.419. The Hall–Kier alpha value is -3.93. The fourth-order valence-electron chi connectivity index (χ4n) is 3.21. The van der Waals surface area contributed by atoms with Crippen LogP contribution in [0.5, 0.6) is 5.75 Å². The average Bonchev–Trinajstić information content (AvgIpc) is 3.01. The summed E-state index contributed by atoms with van der Waals surface area (Å²) in [6, 6.07) is 25.8. The van der Waals surface area contributed by atoms with Gasteiger partial charge >= 0.3 is 6.03 Å². The van der Waals surface area contributed by atoms with Gasteiger partial charge in [0, 0.05) is 0 Å². The van der Waals surface area contributed by atoms with E-state index in [1.165, 1.54) is 6.21 Å². The van der Waals surface area contributed by atoms with Crippen LogP contribution in [0.25, 0.3) is 0 Å². The van der Waals surface area contributed by atoms with Crippen molar-refractivity contribution in [1.82, 2.24) is 10.3 Å². The highest BCUT2D eigenvalue weighted by molar-refractivity contribution is 6.07. The Morgan fingerprint density at radius 2 is 1.57 bits per heavy atom. The molecule has 0 bridgehead atoms. The Kier molecular flexibility index (Phi) is 5.30. The number of nitrogens with one attached hydrogen (secondary N) is 1. The van der Waals surface area contributed by atoms with Crippen LogP contribution < -0.4 is 10.1 Å². The highest BCUT2D eigenvalue weighted by atomic mass is 16.5. The van der Waals surface area contributed by atoms with Crippen molar-refractivity contribution in [2.45, 2.75) is 19.1 Å². The second-order valence-corrected chi connectivity index (χ2v) is 7.13. The van der Waals surface area contributed by atoms with E-state index in [2.05, 4.69) is 10.4 Å². The third-order valence-electron chi connectivity index (χ3n) is 4.97. The second kappa shape index (κ2) is 8.21. The lowest BCUT2D eigenvalue weighted by atomic mass is 9.92. The molecule has 4 rings (SSSR count). The zero-order valence-corrected chi connectivity index (χ0v) is 16.5. The van der Waals surface area contributed by atoms with Crippen LogP contribution in [0.3, 0.4) is 0 Å². The lowest BCUT2D eigenvalue weighted by Gasteiger charge is -2.20. The average molecular weight is 399 g/mol. The number of carbonyl (C=O) groups is 2. The summed E-state index contributed by atoms with van der Waals surface area (Å²) in [5.41, 5.74) is 1.41. The number of urea groups is 1. The van der Waals surface area contributed by atoms with E-state index < -0.39 is 17.5 Å². The number of carbonyl (C=O) groups excluding carboxylic acids is 2. The summed E-state index contributed by atoms with van der Waals surface area (Å²) in [7, 11) is 0. The lowest BCUT2D eigenvalue weighted by Crippen LogP contribution is -2.40. The van der Waals surface area contributed by atoms with Crippen LogP contribution in [0, 0.1) is 0 Å². The van der Waals surface area contributed by atoms with Crippen LogP contribution >= 0.6 is 0 Å². The summed E-state index contributed by atoms with van der Waals surface area (Å²) in [6.45, 7) is 2.16. The molecule has 1 heterocycles. The molecule has 0 aromatic heterocycles. The number of nitrogens with zero attached hydrogens (tertiary/aromatic N) is 2. The predicted octanol–water partition coefficient (Wildman–Crippen LogP) is 4.07. The topological polar surface area (TPSA) is 71.0 Å². The number of ether oxygens (including phenoxy) is 1. The first-order valence-electron chi connectivity index (χ1n) is 9.59. The van der Waals surface area contributed by atoms with Crippen molar-refractivity contribution >= 4 is 18.2 Å². The minimum Gasteiger partial charge on any atom is -0.489 e. The third kappa shape index (κ3) is 3.93. The van der Waals surface area contributed by atoms with Crippen LogP contribution in [-0.4, -0.2) is 23.2 Å². The summed E-state index contributed by atoms with van der Waals surface area (Å²) in [6.07, 6.45) is 1.48. The van der Waals surface area contributed by atoms with Crippen molar-refractivity contribution in [3.63, 3.8) is 0 Å². The first-order chi connectivity index (χ1) is 14.6. The molecule has 6 heteroatoms. The molecule has 1 N–H and O–H groups in total. The predicted molar refractivity (Wildman–Crippen MR) is 114 cm³/mol. The Morgan fingerprint density at radius 3 is 2.23 bits per heavy atom. The molecular formula is C24H21N3O3. The van der Waals surface area contributed by atoms with Crippen LogP contribution in [0.15, 0.2) is 90.0 Å². The van der Waals surface area contributed by atoms with Crippen LogP contribution in [0.2, 0.25) is 0 Å². The Balaban J connectivity index is 1.42. The Morgan fingerprint density at radius 1 is 0.933 bits per heavy atom. The molecule has 150 valence electrons. The van der Waals surface area contributed by atoms with Crippen molar-refractivity contribution in [1.29, 1.82) is 0 Å². The van der Waals surface area contributed by atoms with Gasteiger partial charge in [0.1, 0.15) is 17.9 Å². The number of imide groups is 1. The zero-order chi connectivity index (χ0) is 21.0.